The Kier molecular flexibility index (Phi) is 7.65. The fourth-order valence-corrected chi connectivity index (χ4v) is 2.57. The molecule has 1 aromatic carbocycles. The van der Waals surface area contributed by atoms with Gasteiger partial charge in [-0.25, -0.2) is 0 Å². The lowest BCUT2D eigenvalue weighted by molar-refractivity contribution is -0.116. The summed E-state index contributed by atoms with van der Waals surface area (Å²) in [5.74, 6) is 0.378. The Balaban J connectivity index is 0.00000242. The van der Waals surface area contributed by atoms with Gasteiger partial charge >= 0.3 is 0 Å². The van der Waals surface area contributed by atoms with Crippen molar-refractivity contribution in [3.05, 3.63) is 23.2 Å². The number of carbonyl (C=O) groups is 2. The predicted octanol–water partition coefficient (Wildman–Crippen LogP) is 3.05. The highest BCUT2D eigenvalue weighted by atomic mass is 35.5. The van der Waals surface area contributed by atoms with Crippen LogP contribution in [0.5, 0.6) is 0 Å². The van der Waals surface area contributed by atoms with Crippen molar-refractivity contribution in [3.8, 4) is 0 Å². The van der Waals surface area contributed by atoms with Gasteiger partial charge in [-0.2, -0.15) is 0 Å². The van der Waals surface area contributed by atoms with E-state index in [2.05, 4.69) is 16.0 Å². The van der Waals surface area contributed by atoms with Crippen molar-refractivity contribution in [2.24, 2.45) is 5.92 Å². The molecule has 1 atom stereocenters. The van der Waals surface area contributed by atoms with Crippen LogP contribution in [0.2, 0.25) is 5.02 Å². The predicted molar refractivity (Wildman–Crippen MR) is 91.8 cm³/mol. The van der Waals surface area contributed by atoms with Gasteiger partial charge in [0.2, 0.25) is 11.8 Å². The number of hydrogen-bond acceptors (Lipinski definition) is 3. The van der Waals surface area contributed by atoms with E-state index in [-0.39, 0.29) is 24.2 Å². The van der Waals surface area contributed by atoms with Crippen molar-refractivity contribution in [3.63, 3.8) is 0 Å². The first-order valence-corrected chi connectivity index (χ1v) is 7.50. The second kappa shape index (κ2) is 8.98. The monoisotopic (exact) mass is 345 g/mol. The average Bonchev–Trinajstić information content (AvgIpc) is 2.93. The summed E-state index contributed by atoms with van der Waals surface area (Å²) in [4.78, 5) is 23.0. The highest BCUT2D eigenvalue weighted by molar-refractivity contribution is 6.33. The van der Waals surface area contributed by atoms with Crippen LogP contribution in [0, 0.1) is 5.92 Å². The molecular weight excluding hydrogens is 325 g/mol. The molecule has 7 heteroatoms. The Morgan fingerprint density at radius 2 is 2.14 bits per heavy atom. The molecule has 122 valence electrons. The summed E-state index contributed by atoms with van der Waals surface area (Å²) < 4.78 is 0. The number of amides is 2. The maximum absolute atomic E-state index is 11.9. The minimum Gasteiger partial charge on any atom is -0.326 e. The SMILES string of the molecule is CC(=O)Nc1cc(NC(=O)CCC2CCNC2)ccc1Cl.Cl. The summed E-state index contributed by atoms with van der Waals surface area (Å²) in [6, 6.07) is 5.05. The number of anilines is 2. The summed E-state index contributed by atoms with van der Waals surface area (Å²) >= 11 is 5.99. The average molecular weight is 346 g/mol. The molecule has 1 unspecified atom stereocenters. The first kappa shape index (κ1) is 18.7. The zero-order valence-corrected chi connectivity index (χ0v) is 14.0. The third-order valence-corrected chi connectivity index (χ3v) is 3.83. The Morgan fingerprint density at radius 3 is 2.77 bits per heavy atom. The Bertz CT molecular complexity index is 532. The van der Waals surface area contributed by atoms with Crippen molar-refractivity contribution in [2.75, 3.05) is 23.7 Å². The highest BCUT2D eigenvalue weighted by Gasteiger charge is 2.15. The van der Waals surface area contributed by atoms with E-state index in [0.717, 1.165) is 25.9 Å². The highest BCUT2D eigenvalue weighted by Crippen LogP contribution is 2.25. The van der Waals surface area contributed by atoms with Gasteiger partial charge in [-0.3, -0.25) is 9.59 Å². The Morgan fingerprint density at radius 1 is 1.36 bits per heavy atom. The van der Waals surface area contributed by atoms with Gasteiger partial charge in [0, 0.05) is 19.0 Å². The lowest BCUT2D eigenvalue weighted by Crippen LogP contribution is -2.15. The fourth-order valence-electron chi connectivity index (χ4n) is 2.41. The molecule has 1 fully saturated rings. The lowest BCUT2D eigenvalue weighted by atomic mass is 10.0. The van der Waals surface area contributed by atoms with E-state index in [0.29, 0.717) is 28.7 Å². The third-order valence-electron chi connectivity index (χ3n) is 3.50. The second-order valence-corrected chi connectivity index (χ2v) is 5.73. The second-order valence-electron chi connectivity index (χ2n) is 5.32. The van der Waals surface area contributed by atoms with Gasteiger partial charge in [0.05, 0.1) is 10.7 Å². The summed E-state index contributed by atoms with van der Waals surface area (Å²) in [5, 5.41) is 9.21. The summed E-state index contributed by atoms with van der Waals surface area (Å²) in [5.41, 5.74) is 1.14. The lowest BCUT2D eigenvalue weighted by Gasteiger charge is -2.11. The molecule has 3 N–H and O–H groups in total. The van der Waals surface area contributed by atoms with Crippen LogP contribution >= 0.6 is 24.0 Å². The molecule has 1 heterocycles. The van der Waals surface area contributed by atoms with Crippen LogP contribution in [0.15, 0.2) is 18.2 Å². The standard InChI is InChI=1S/C15H20ClN3O2.ClH/c1-10(20)18-14-8-12(3-4-13(14)16)19-15(21)5-2-11-6-7-17-9-11;/h3-4,8,11,17H,2,5-7,9H2,1H3,(H,18,20)(H,19,21);1H. The van der Waals surface area contributed by atoms with Crippen molar-refractivity contribution >= 4 is 47.2 Å². The van der Waals surface area contributed by atoms with E-state index in [1.165, 1.54) is 6.92 Å². The molecule has 1 aliphatic rings. The van der Waals surface area contributed by atoms with Gasteiger partial charge in [0.15, 0.2) is 0 Å². The Labute approximate surface area is 141 Å². The van der Waals surface area contributed by atoms with Gasteiger partial charge < -0.3 is 16.0 Å². The van der Waals surface area contributed by atoms with Crippen molar-refractivity contribution in [2.45, 2.75) is 26.2 Å². The third kappa shape index (κ3) is 5.83. The van der Waals surface area contributed by atoms with E-state index in [4.69, 9.17) is 11.6 Å². The molecule has 0 spiro atoms. The molecule has 1 saturated heterocycles. The normalized spacial score (nSPS) is 16.7. The van der Waals surface area contributed by atoms with E-state index in [9.17, 15) is 9.59 Å². The maximum atomic E-state index is 11.9. The van der Waals surface area contributed by atoms with Crippen LogP contribution in [0.1, 0.15) is 26.2 Å². The number of hydrogen-bond donors (Lipinski definition) is 3. The molecule has 0 bridgehead atoms. The molecule has 0 aliphatic carbocycles. The number of carbonyl (C=O) groups excluding carboxylic acids is 2. The first-order chi connectivity index (χ1) is 10.0. The first-order valence-electron chi connectivity index (χ1n) is 7.12. The summed E-state index contributed by atoms with van der Waals surface area (Å²) in [7, 11) is 0. The van der Waals surface area contributed by atoms with Gasteiger partial charge in [0.25, 0.3) is 0 Å². The van der Waals surface area contributed by atoms with Crippen LogP contribution < -0.4 is 16.0 Å². The van der Waals surface area contributed by atoms with Crippen LogP contribution in [-0.2, 0) is 9.59 Å². The minimum absolute atomic E-state index is 0. The van der Waals surface area contributed by atoms with Crippen LogP contribution in [-0.4, -0.2) is 24.9 Å². The van der Waals surface area contributed by atoms with Gasteiger partial charge in [0.1, 0.15) is 0 Å². The number of halogens is 2. The maximum Gasteiger partial charge on any atom is 0.224 e. The van der Waals surface area contributed by atoms with Crippen LogP contribution in [0.25, 0.3) is 0 Å². The smallest absolute Gasteiger partial charge is 0.224 e. The van der Waals surface area contributed by atoms with Gasteiger partial charge in [-0.05, 0) is 50.0 Å². The minimum atomic E-state index is -0.200. The van der Waals surface area contributed by atoms with E-state index >= 15 is 0 Å². The molecule has 2 amide bonds. The molecular formula is C15H21Cl2N3O2. The van der Waals surface area contributed by atoms with E-state index < -0.39 is 0 Å². The fraction of sp³-hybridized carbons (Fsp3) is 0.467. The summed E-state index contributed by atoms with van der Waals surface area (Å²) in [6.45, 7) is 3.46. The van der Waals surface area contributed by atoms with Crippen LogP contribution in [0.3, 0.4) is 0 Å². The number of benzene rings is 1. The zero-order chi connectivity index (χ0) is 15.2. The molecule has 0 radical (unpaired) electrons. The largest absolute Gasteiger partial charge is 0.326 e. The molecule has 5 nitrogen and oxygen atoms in total. The topological polar surface area (TPSA) is 70.2 Å². The molecule has 0 aromatic heterocycles. The quantitative estimate of drug-likeness (QED) is 0.767. The molecule has 1 aliphatic heterocycles. The van der Waals surface area contributed by atoms with Gasteiger partial charge in [-0.15, -0.1) is 12.4 Å². The van der Waals surface area contributed by atoms with Crippen molar-refractivity contribution in [1.82, 2.24) is 5.32 Å². The molecule has 2 rings (SSSR count). The molecule has 0 saturated carbocycles. The summed E-state index contributed by atoms with van der Waals surface area (Å²) in [6.07, 6.45) is 2.54. The van der Waals surface area contributed by atoms with Crippen molar-refractivity contribution in [1.29, 1.82) is 0 Å². The van der Waals surface area contributed by atoms with Gasteiger partial charge in [-0.1, -0.05) is 11.6 Å². The Hall–Kier alpha value is -1.30. The van der Waals surface area contributed by atoms with Crippen molar-refractivity contribution < 1.29 is 9.59 Å². The van der Waals surface area contributed by atoms with Crippen LogP contribution in [0.4, 0.5) is 11.4 Å². The molecule has 22 heavy (non-hydrogen) atoms. The zero-order valence-electron chi connectivity index (χ0n) is 12.4. The number of rotatable bonds is 5. The number of nitrogens with one attached hydrogen (secondary N) is 3. The molecule has 1 aromatic rings. The van der Waals surface area contributed by atoms with E-state index in [1.54, 1.807) is 18.2 Å². The van der Waals surface area contributed by atoms with E-state index in [1.807, 2.05) is 0 Å².